The predicted octanol–water partition coefficient (Wildman–Crippen LogP) is 4.40. The van der Waals surface area contributed by atoms with Gasteiger partial charge in [-0.2, -0.15) is 0 Å². The number of rotatable bonds is 6. The van der Waals surface area contributed by atoms with Crippen molar-refractivity contribution in [2.45, 2.75) is 12.5 Å². The van der Waals surface area contributed by atoms with E-state index in [9.17, 15) is 14.7 Å². The number of nitrogens with zero attached hydrogens (tertiary/aromatic N) is 2. The molecule has 2 heterocycles. The van der Waals surface area contributed by atoms with Crippen molar-refractivity contribution in [3.63, 3.8) is 0 Å². The van der Waals surface area contributed by atoms with Crippen LogP contribution in [-0.2, 0) is 16.0 Å². The van der Waals surface area contributed by atoms with Crippen molar-refractivity contribution in [3.05, 3.63) is 81.9 Å². The van der Waals surface area contributed by atoms with E-state index in [2.05, 4.69) is 10.3 Å². The molecule has 0 saturated carbocycles. The number of amides is 1. The van der Waals surface area contributed by atoms with Crippen LogP contribution in [0.25, 0.3) is 17.4 Å². The first-order valence-electron chi connectivity index (χ1n) is 9.37. The first-order chi connectivity index (χ1) is 15.3. The van der Waals surface area contributed by atoms with Gasteiger partial charge in [0.15, 0.2) is 10.9 Å². The molecular weight excluding hydrogens is 473 g/mol. The molecule has 1 aliphatic heterocycles. The van der Waals surface area contributed by atoms with Gasteiger partial charge < -0.3 is 14.8 Å². The maximum Gasteiger partial charge on any atom is 0.327 e. The number of hydrogen-bond donors (Lipinski definition) is 2. The van der Waals surface area contributed by atoms with Gasteiger partial charge in [0.25, 0.3) is 5.91 Å². The van der Waals surface area contributed by atoms with Crippen molar-refractivity contribution in [2.75, 3.05) is 0 Å². The molecule has 2 aromatic carbocycles. The minimum atomic E-state index is -1.16. The fraction of sp³-hybridized carbons (Fsp3) is 0.0909. The number of halogens is 2. The van der Waals surface area contributed by atoms with Crippen LogP contribution in [0.2, 0.25) is 10.0 Å². The smallest absolute Gasteiger partial charge is 0.327 e. The molecule has 1 unspecified atom stereocenters. The van der Waals surface area contributed by atoms with Crippen LogP contribution >= 0.6 is 35.4 Å². The summed E-state index contributed by atoms with van der Waals surface area (Å²) in [5.74, 6) is -1.17. The Morgan fingerprint density at radius 2 is 1.97 bits per heavy atom. The monoisotopic (exact) mass is 487 g/mol. The summed E-state index contributed by atoms with van der Waals surface area (Å²) in [4.78, 5) is 30.1. The number of aliphatic carboxylic acids is 1. The number of thiocarbonyl (C=S) groups is 1. The van der Waals surface area contributed by atoms with Crippen molar-refractivity contribution in [2.24, 2.45) is 0 Å². The fourth-order valence-electron chi connectivity index (χ4n) is 3.22. The Morgan fingerprint density at radius 3 is 2.66 bits per heavy atom. The van der Waals surface area contributed by atoms with E-state index in [1.54, 1.807) is 42.5 Å². The Kier molecular flexibility index (Phi) is 6.27. The van der Waals surface area contributed by atoms with E-state index in [4.69, 9.17) is 39.8 Å². The molecule has 1 atom stereocenters. The molecule has 0 radical (unpaired) electrons. The van der Waals surface area contributed by atoms with Gasteiger partial charge in [-0.25, -0.2) is 9.78 Å². The maximum atomic E-state index is 13.0. The Labute approximate surface area is 198 Å². The zero-order chi connectivity index (χ0) is 22.8. The molecule has 0 bridgehead atoms. The minimum Gasteiger partial charge on any atom is -0.480 e. The molecule has 1 amide bonds. The zero-order valence-electron chi connectivity index (χ0n) is 16.3. The molecule has 1 fully saturated rings. The van der Waals surface area contributed by atoms with Gasteiger partial charge in [0.2, 0.25) is 5.89 Å². The molecule has 10 heteroatoms. The van der Waals surface area contributed by atoms with Gasteiger partial charge in [-0.15, -0.1) is 0 Å². The minimum absolute atomic E-state index is 0.000781. The van der Waals surface area contributed by atoms with Crippen LogP contribution in [-0.4, -0.2) is 38.0 Å². The number of carbonyl (C=O) groups is 2. The first kappa shape index (κ1) is 22.0. The topological polar surface area (TPSA) is 95.7 Å². The van der Waals surface area contributed by atoms with Gasteiger partial charge in [0.1, 0.15) is 11.7 Å². The maximum absolute atomic E-state index is 13.0. The number of hydrogen-bond acceptors (Lipinski definition) is 5. The van der Waals surface area contributed by atoms with E-state index < -0.39 is 17.9 Å². The molecule has 32 heavy (non-hydrogen) atoms. The number of nitrogens with one attached hydrogen (secondary N) is 1. The van der Waals surface area contributed by atoms with E-state index in [0.29, 0.717) is 21.4 Å². The molecule has 0 aliphatic carbocycles. The number of aromatic nitrogens is 1. The van der Waals surface area contributed by atoms with Gasteiger partial charge in [-0.05, 0) is 36.0 Å². The Bertz CT molecular complexity index is 1240. The van der Waals surface area contributed by atoms with Gasteiger partial charge in [-0.3, -0.25) is 9.69 Å². The van der Waals surface area contributed by atoms with Crippen LogP contribution in [0.3, 0.4) is 0 Å². The second-order valence-electron chi connectivity index (χ2n) is 6.90. The molecule has 3 aromatic rings. The quantitative estimate of drug-likeness (QED) is 0.392. The second kappa shape index (κ2) is 9.12. The summed E-state index contributed by atoms with van der Waals surface area (Å²) in [6.07, 6.45) is 2.96. The largest absolute Gasteiger partial charge is 0.480 e. The highest BCUT2D eigenvalue weighted by Crippen LogP contribution is 2.29. The fourth-order valence-corrected chi connectivity index (χ4v) is 3.84. The SMILES string of the molecule is O=C(O)C(Cc1ccccc1)N1C(=O)C(=Cc2ncc(-c3ccc(Cl)c(Cl)c3)o2)NC1=S. The van der Waals surface area contributed by atoms with Crippen molar-refractivity contribution in [1.82, 2.24) is 15.2 Å². The van der Waals surface area contributed by atoms with Gasteiger partial charge >= 0.3 is 5.97 Å². The van der Waals surface area contributed by atoms with Gasteiger partial charge in [0, 0.05) is 18.1 Å². The Morgan fingerprint density at radius 1 is 1.22 bits per heavy atom. The number of carbonyl (C=O) groups excluding carboxylic acids is 1. The molecule has 2 N–H and O–H groups in total. The lowest BCUT2D eigenvalue weighted by molar-refractivity contribution is -0.145. The predicted molar refractivity (Wildman–Crippen MR) is 124 cm³/mol. The lowest BCUT2D eigenvalue weighted by Crippen LogP contribution is -2.46. The molecule has 162 valence electrons. The van der Waals surface area contributed by atoms with Crippen molar-refractivity contribution in [3.8, 4) is 11.3 Å². The highest BCUT2D eigenvalue weighted by atomic mass is 35.5. The number of oxazole rings is 1. The highest BCUT2D eigenvalue weighted by molar-refractivity contribution is 7.80. The second-order valence-corrected chi connectivity index (χ2v) is 8.10. The third-order valence-electron chi connectivity index (χ3n) is 4.77. The van der Waals surface area contributed by atoms with Crippen molar-refractivity contribution >= 4 is 58.5 Å². The average molecular weight is 488 g/mol. The third-order valence-corrected chi connectivity index (χ3v) is 5.81. The van der Waals surface area contributed by atoms with E-state index in [-0.39, 0.29) is 23.1 Å². The summed E-state index contributed by atoms with van der Waals surface area (Å²) in [7, 11) is 0. The summed E-state index contributed by atoms with van der Waals surface area (Å²) in [5, 5.41) is 13.3. The molecule has 0 spiro atoms. The zero-order valence-corrected chi connectivity index (χ0v) is 18.6. The number of carboxylic acid groups (broad SMARTS) is 1. The summed E-state index contributed by atoms with van der Waals surface area (Å²) in [6, 6.07) is 12.9. The van der Waals surface area contributed by atoms with Gasteiger partial charge in [0.05, 0.1) is 16.2 Å². The number of carboxylic acids is 1. The van der Waals surface area contributed by atoms with Crippen molar-refractivity contribution < 1.29 is 19.1 Å². The summed E-state index contributed by atoms with van der Waals surface area (Å²) >= 11 is 17.2. The molecular formula is C22H15Cl2N3O4S. The van der Waals surface area contributed by atoms with E-state index >= 15 is 0 Å². The molecule has 7 nitrogen and oxygen atoms in total. The highest BCUT2D eigenvalue weighted by Gasteiger charge is 2.40. The average Bonchev–Trinajstić information content (AvgIpc) is 3.34. The van der Waals surface area contributed by atoms with Crippen LogP contribution < -0.4 is 5.32 Å². The molecule has 1 aliphatic rings. The van der Waals surface area contributed by atoms with Crippen LogP contribution in [0.15, 0.2) is 64.8 Å². The third kappa shape index (κ3) is 4.52. The number of benzene rings is 2. The summed E-state index contributed by atoms with van der Waals surface area (Å²) in [5.41, 5.74) is 1.50. The van der Waals surface area contributed by atoms with Crippen LogP contribution in [0.4, 0.5) is 0 Å². The molecule has 1 saturated heterocycles. The van der Waals surface area contributed by atoms with E-state index in [1.165, 1.54) is 12.3 Å². The lowest BCUT2D eigenvalue weighted by atomic mass is 10.0. The summed E-state index contributed by atoms with van der Waals surface area (Å²) < 4.78 is 5.69. The Hall–Kier alpha value is -3.20. The van der Waals surface area contributed by atoms with E-state index in [1.807, 2.05) is 6.07 Å². The van der Waals surface area contributed by atoms with Gasteiger partial charge in [-0.1, -0.05) is 53.5 Å². The van der Waals surface area contributed by atoms with Crippen LogP contribution in [0, 0.1) is 0 Å². The molecule has 4 rings (SSSR count). The van der Waals surface area contributed by atoms with E-state index in [0.717, 1.165) is 10.5 Å². The van der Waals surface area contributed by atoms with Crippen LogP contribution in [0.5, 0.6) is 0 Å². The normalized spacial score (nSPS) is 15.8. The molecule has 1 aromatic heterocycles. The van der Waals surface area contributed by atoms with Crippen LogP contribution in [0.1, 0.15) is 11.5 Å². The lowest BCUT2D eigenvalue weighted by Gasteiger charge is -2.22. The summed E-state index contributed by atoms with van der Waals surface area (Å²) in [6.45, 7) is 0. The first-order valence-corrected chi connectivity index (χ1v) is 10.5. The van der Waals surface area contributed by atoms with Crippen molar-refractivity contribution in [1.29, 1.82) is 0 Å². The standard InChI is InChI=1S/C22H15Cl2N3O4S/c23-14-7-6-13(9-15(14)24)18-11-25-19(31-18)10-16-20(28)27(22(32)26-16)17(21(29)30)8-12-4-2-1-3-5-12/h1-7,9-11,17H,8H2,(H,26,32)(H,29,30). The Balaban J connectivity index is 1.57.